The minimum Gasteiger partial charge on any atom is -0.306 e. The topological polar surface area (TPSA) is 125 Å². The Morgan fingerprint density at radius 2 is 2.13 bits per heavy atom. The number of hydrogen-bond donors (Lipinski definition) is 2. The molecule has 0 spiro atoms. The minimum atomic E-state index is -0.511. The minimum absolute atomic E-state index is 0.0712. The van der Waals surface area contributed by atoms with E-state index in [1.807, 2.05) is 24.3 Å². The van der Waals surface area contributed by atoms with Gasteiger partial charge in [0.2, 0.25) is 5.91 Å². The van der Waals surface area contributed by atoms with Gasteiger partial charge in [-0.2, -0.15) is 10.4 Å². The molecule has 0 aliphatic carbocycles. The average Bonchev–Trinajstić information content (AvgIpc) is 3.13. The zero-order valence-corrected chi connectivity index (χ0v) is 16.9. The number of H-pyrrole nitrogens is 1. The lowest BCUT2D eigenvalue weighted by atomic mass is 10.2. The van der Waals surface area contributed by atoms with Crippen LogP contribution in [0, 0.1) is 21.4 Å². The van der Waals surface area contributed by atoms with Crippen LogP contribution in [0.3, 0.4) is 0 Å². The lowest BCUT2D eigenvalue weighted by Crippen LogP contribution is -2.09. The van der Waals surface area contributed by atoms with Crippen LogP contribution in [0.4, 0.5) is 11.5 Å². The van der Waals surface area contributed by atoms with Crippen molar-refractivity contribution >= 4 is 46.9 Å². The molecule has 0 saturated carbocycles. The van der Waals surface area contributed by atoms with Gasteiger partial charge in [0, 0.05) is 29.0 Å². The molecule has 1 aromatic heterocycles. The van der Waals surface area contributed by atoms with Crippen molar-refractivity contribution in [1.29, 1.82) is 5.26 Å². The number of nitrogens with zero attached hydrogens (tertiary/aromatic N) is 3. The van der Waals surface area contributed by atoms with Crippen LogP contribution in [0.1, 0.15) is 16.7 Å². The fourth-order valence-corrected chi connectivity index (χ4v) is 3.69. The third kappa shape index (κ3) is 5.26. The Bertz CT molecular complexity index is 1170. The highest BCUT2D eigenvalue weighted by Crippen LogP contribution is 2.30. The predicted octanol–water partition coefficient (Wildman–Crippen LogP) is 4.79. The lowest BCUT2D eigenvalue weighted by Gasteiger charge is -2.02. The SMILES string of the molecule is N#Cc1c(SCc2ccccc2Cl)n[nH]c1NC(=O)C=Cc1cccc([N+](=O)[O-])c1. The Hall–Kier alpha value is -3.61. The van der Waals surface area contributed by atoms with Crippen LogP contribution in [0.2, 0.25) is 5.02 Å². The first kappa shape index (κ1) is 21.1. The van der Waals surface area contributed by atoms with E-state index in [1.54, 1.807) is 12.1 Å². The number of nitro benzene ring substituents is 1. The molecule has 0 atom stereocenters. The molecule has 0 unspecified atom stereocenters. The Morgan fingerprint density at radius 3 is 2.87 bits per heavy atom. The van der Waals surface area contributed by atoms with Crippen LogP contribution >= 0.6 is 23.4 Å². The fourth-order valence-electron chi connectivity index (χ4n) is 2.46. The van der Waals surface area contributed by atoms with Crippen molar-refractivity contribution in [1.82, 2.24) is 10.2 Å². The molecule has 0 saturated heterocycles. The number of aromatic nitrogens is 2. The highest BCUT2D eigenvalue weighted by Gasteiger charge is 2.15. The summed E-state index contributed by atoms with van der Waals surface area (Å²) in [4.78, 5) is 22.5. The number of benzene rings is 2. The maximum atomic E-state index is 12.2. The lowest BCUT2D eigenvalue weighted by molar-refractivity contribution is -0.384. The second-order valence-corrected chi connectivity index (χ2v) is 7.32. The van der Waals surface area contributed by atoms with Gasteiger partial charge in [0.15, 0.2) is 0 Å². The summed E-state index contributed by atoms with van der Waals surface area (Å²) >= 11 is 7.46. The van der Waals surface area contributed by atoms with Crippen molar-refractivity contribution in [2.75, 3.05) is 5.32 Å². The molecule has 150 valence electrons. The van der Waals surface area contributed by atoms with Crippen molar-refractivity contribution in [2.24, 2.45) is 0 Å². The number of nitrogens with one attached hydrogen (secondary N) is 2. The van der Waals surface area contributed by atoms with Crippen molar-refractivity contribution in [2.45, 2.75) is 10.8 Å². The van der Waals surface area contributed by atoms with Gasteiger partial charge >= 0.3 is 0 Å². The number of aromatic amines is 1. The molecule has 0 aliphatic heterocycles. The van der Waals surface area contributed by atoms with Gasteiger partial charge in [-0.25, -0.2) is 0 Å². The van der Waals surface area contributed by atoms with Crippen LogP contribution in [-0.2, 0) is 10.5 Å². The van der Waals surface area contributed by atoms with E-state index in [0.29, 0.717) is 21.4 Å². The summed E-state index contributed by atoms with van der Waals surface area (Å²) in [7, 11) is 0. The largest absolute Gasteiger partial charge is 0.306 e. The molecule has 0 bridgehead atoms. The van der Waals surface area contributed by atoms with Crippen LogP contribution in [0.15, 0.2) is 59.6 Å². The molecule has 0 fully saturated rings. The number of halogens is 1. The molecule has 0 radical (unpaired) electrons. The Kier molecular flexibility index (Phi) is 6.85. The molecule has 2 N–H and O–H groups in total. The summed E-state index contributed by atoms with van der Waals surface area (Å²) in [6.07, 6.45) is 2.66. The fraction of sp³-hybridized carbons (Fsp3) is 0.0500. The molecule has 2 aromatic carbocycles. The number of non-ortho nitro benzene ring substituents is 1. The molecule has 3 rings (SSSR count). The van der Waals surface area contributed by atoms with Gasteiger partial charge in [0.1, 0.15) is 22.5 Å². The number of carbonyl (C=O) groups is 1. The normalized spacial score (nSPS) is 10.7. The maximum absolute atomic E-state index is 12.2. The highest BCUT2D eigenvalue weighted by molar-refractivity contribution is 7.98. The number of thioether (sulfide) groups is 1. The standard InChI is InChI=1S/C20H14ClN5O3S/c21-17-7-2-1-5-14(17)12-30-20-16(11-22)19(24-25-20)23-18(27)9-8-13-4-3-6-15(10-13)26(28)29/h1-10H,12H2,(H2,23,24,25,27). The zero-order valence-electron chi connectivity index (χ0n) is 15.3. The van der Waals surface area contributed by atoms with Crippen molar-refractivity contribution in [3.05, 3.63) is 86.4 Å². The van der Waals surface area contributed by atoms with E-state index >= 15 is 0 Å². The molecular formula is C20H14ClN5O3S. The number of hydrogen-bond acceptors (Lipinski definition) is 6. The van der Waals surface area contributed by atoms with Crippen LogP contribution < -0.4 is 5.32 Å². The van der Waals surface area contributed by atoms with E-state index in [-0.39, 0.29) is 17.1 Å². The first-order chi connectivity index (χ1) is 14.5. The number of rotatable bonds is 7. The average molecular weight is 440 g/mol. The number of carbonyl (C=O) groups excluding carboxylic acids is 1. The molecule has 10 heteroatoms. The van der Waals surface area contributed by atoms with Gasteiger partial charge < -0.3 is 5.32 Å². The van der Waals surface area contributed by atoms with E-state index in [0.717, 1.165) is 5.56 Å². The van der Waals surface area contributed by atoms with Gasteiger partial charge in [-0.05, 0) is 23.3 Å². The van der Waals surface area contributed by atoms with Crippen LogP contribution in [0.25, 0.3) is 6.08 Å². The Labute approximate surface area is 180 Å². The van der Waals surface area contributed by atoms with E-state index in [4.69, 9.17) is 11.6 Å². The molecule has 1 amide bonds. The first-order valence-corrected chi connectivity index (χ1v) is 9.92. The van der Waals surface area contributed by atoms with Gasteiger partial charge in [-0.3, -0.25) is 20.0 Å². The number of nitriles is 1. The predicted molar refractivity (Wildman–Crippen MR) is 115 cm³/mol. The van der Waals surface area contributed by atoms with Gasteiger partial charge in [-0.15, -0.1) is 0 Å². The third-order valence-electron chi connectivity index (χ3n) is 3.92. The summed E-state index contributed by atoms with van der Waals surface area (Å²) in [5.41, 5.74) is 1.55. The highest BCUT2D eigenvalue weighted by atomic mass is 35.5. The first-order valence-electron chi connectivity index (χ1n) is 8.56. The zero-order chi connectivity index (χ0) is 21.5. The summed E-state index contributed by atoms with van der Waals surface area (Å²) < 4.78 is 0. The summed E-state index contributed by atoms with van der Waals surface area (Å²) in [6.45, 7) is 0. The van der Waals surface area contributed by atoms with Gasteiger partial charge in [0.25, 0.3) is 5.69 Å². The number of amides is 1. The van der Waals surface area contributed by atoms with E-state index in [2.05, 4.69) is 15.5 Å². The van der Waals surface area contributed by atoms with E-state index in [1.165, 1.54) is 42.1 Å². The van der Waals surface area contributed by atoms with Crippen LogP contribution in [0.5, 0.6) is 0 Å². The monoisotopic (exact) mass is 439 g/mol. The Morgan fingerprint density at radius 1 is 1.33 bits per heavy atom. The molecule has 8 nitrogen and oxygen atoms in total. The second-order valence-electron chi connectivity index (χ2n) is 5.95. The van der Waals surface area contributed by atoms with Gasteiger partial charge in [0.05, 0.1) is 4.92 Å². The number of anilines is 1. The van der Waals surface area contributed by atoms with Crippen molar-refractivity contribution < 1.29 is 9.72 Å². The summed E-state index contributed by atoms with van der Waals surface area (Å²) in [6, 6.07) is 15.3. The van der Waals surface area contributed by atoms with E-state index in [9.17, 15) is 20.2 Å². The van der Waals surface area contributed by atoms with Crippen molar-refractivity contribution in [3.8, 4) is 6.07 Å². The third-order valence-corrected chi connectivity index (χ3v) is 5.32. The molecular weight excluding hydrogens is 426 g/mol. The maximum Gasteiger partial charge on any atom is 0.270 e. The van der Waals surface area contributed by atoms with Crippen molar-refractivity contribution in [3.63, 3.8) is 0 Å². The Balaban J connectivity index is 1.67. The molecule has 1 heterocycles. The molecule has 3 aromatic rings. The van der Waals surface area contributed by atoms with Crippen LogP contribution in [-0.4, -0.2) is 21.0 Å². The second kappa shape index (κ2) is 9.73. The smallest absolute Gasteiger partial charge is 0.270 e. The summed E-state index contributed by atoms with van der Waals surface area (Å²) in [5.74, 6) is 0.177. The molecule has 0 aliphatic rings. The number of nitro groups is 1. The summed E-state index contributed by atoms with van der Waals surface area (Å²) in [5, 5.41) is 30.6. The quantitative estimate of drug-likeness (QED) is 0.236. The van der Waals surface area contributed by atoms with E-state index < -0.39 is 10.8 Å². The van der Waals surface area contributed by atoms with Gasteiger partial charge in [-0.1, -0.05) is 53.7 Å². The molecule has 30 heavy (non-hydrogen) atoms.